The summed E-state index contributed by atoms with van der Waals surface area (Å²) in [5.74, 6) is 1.51. The Labute approximate surface area is 86.7 Å². The maximum Gasteiger partial charge on any atom is 0.157 e. The second-order valence-corrected chi connectivity index (χ2v) is 4.10. The van der Waals surface area contributed by atoms with Crippen molar-refractivity contribution in [3.8, 4) is 0 Å². The van der Waals surface area contributed by atoms with Crippen LogP contribution in [0.2, 0.25) is 5.15 Å². The lowest BCUT2D eigenvalue weighted by molar-refractivity contribution is 0.402. The molecule has 1 aliphatic rings. The van der Waals surface area contributed by atoms with E-state index < -0.39 is 0 Å². The summed E-state index contributed by atoms with van der Waals surface area (Å²) in [6.07, 6.45) is 3.73. The summed E-state index contributed by atoms with van der Waals surface area (Å²) in [5.41, 5.74) is 0.847. The van der Waals surface area contributed by atoms with Crippen LogP contribution < -0.4 is 0 Å². The molecule has 2 heterocycles. The fraction of sp³-hybridized carbons (Fsp3) is 0.400. The third-order valence-electron chi connectivity index (χ3n) is 2.80. The van der Waals surface area contributed by atoms with Crippen molar-refractivity contribution >= 4 is 17.2 Å². The van der Waals surface area contributed by atoms with Gasteiger partial charge in [-0.1, -0.05) is 24.1 Å². The average molecular weight is 208 g/mol. The van der Waals surface area contributed by atoms with Gasteiger partial charge < -0.3 is 0 Å². The summed E-state index contributed by atoms with van der Waals surface area (Å²) in [7, 11) is 0. The minimum atomic E-state index is 0.561. The molecule has 14 heavy (non-hydrogen) atoms. The molecule has 4 heteroatoms. The van der Waals surface area contributed by atoms with Crippen LogP contribution in [0.1, 0.15) is 31.0 Å². The topological polar surface area (TPSA) is 30.2 Å². The zero-order valence-electron chi connectivity index (χ0n) is 7.65. The highest BCUT2D eigenvalue weighted by molar-refractivity contribution is 6.29. The fourth-order valence-corrected chi connectivity index (χ4v) is 1.93. The van der Waals surface area contributed by atoms with E-state index in [0.717, 1.165) is 11.5 Å². The van der Waals surface area contributed by atoms with E-state index in [1.165, 1.54) is 19.3 Å². The largest absolute Gasteiger partial charge is 0.212 e. The molecule has 0 aromatic carbocycles. The molecule has 0 spiro atoms. The van der Waals surface area contributed by atoms with Crippen molar-refractivity contribution in [3.63, 3.8) is 0 Å². The summed E-state index contributed by atoms with van der Waals surface area (Å²) in [4.78, 5) is 4.46. The molecule has 0 aliphatic heterocycles. The van der Waals surface area contributed by atoms with E-state index in [4.69, 9.17) is 11.6 Å². The molecule has 1 fully saturated rings. The Bertz CT molecular complexity index is 473. The van der Waals surface area contributed by atoms with Gasteiger partial charge in [-0.25, -0.2) is 9.50 Å². The minimum Gasteiger partial charge on any atom is -0.212 e. The number of pyridine rings is 1. The molecule has 0 saturated heterocycles. The van der Waals surface area contributed by atoms with E-state index in [-0.39, 0.29) is 0 Å². The number of hydrogen-bond donors (Lipinski definition) is 0. The van der Waals surface area contributed by atoms with E-state index in [0.29, 0.717) is 11.1 Å². The first-order valence-electron chi connectivity index (χ1n) is 4.86. The van der Waals surface area contributed by atoms with E-state index in [9.17, 15) is 0 Å². The zero-order valence-corrected chi connectivity index (χ0v) is 8.41. The van der Waals surface area contributed by atoms with Gasteiger partial charge in [-0.3, -0.25) is 0 Å². The molecule has 0 radical (unpaired) electrons. The van der Waals surface area contributed by atoms with Gasteiger partial charge in [0, 0.05) is 5.92 Å². The van der Waals surface area contributed by atoms with Gasteiger partial charge in [-0.2, -0.15) is 0 Å². The third kappa shape index (κ3) is 1.12. The first kappa shape index (κ1) is 8.24. The Balaban J connectivity index is 2.15. The predicted octanol–water partition coefficient (Wildman–Crippen LogP) is 2.65. The number of fused-ring (bicyclic) bond motifs is 1. The molecule has 0 amide bonds. The van der Waals surface area contributed by atoms with E-state index in [1.54, 1.807) is 4.52 Å². The van der Waals surface area contributed by atoms with Gasteiger partial charge in [0.15, 0.2) is 11.5 Å². The van der Waals surface area contributed by atoms with Crippen molar-refractivity contribution < 1.29 is 0 Å². The SMILES string of the molecule is Clc1cccc2nc(C3CCC3)nn12. The van der Waals surface area contributed by atoms with Gasteiger partial charge in [0.25, 0.3) is 0 Å². The van der Waals surface area contributed by atoms with Crippen LogP contribution in [0.5, 0.6) is 0 Å². The Morgan fingerprint density at radius 2 is 2.21 bits per heavy atom. The molecule has 2 aromatic rings. The molecular weight excluding hydrogens is 198 g/mol. The van der Waals surface area contributed by atoms with Crippen molar-refractivity contribution in [1.82, 2.24) is 14.6 Å². The minimum absolute atomic E-state index is 0.561. The second-order valence-electron chi connectivity index (χ2n) is 3.72. The van der Waals surface area contributed by atoms with Crippen molar-refractivity contribution in [3.05, 3.63) is 29.2 Å². The fourth-order valence-electron chi connectivity index (χ4n) is 1.73. The maximum atomic E-state index is 6.00. The Hall–Kier alpha value is -1.09. The zero-order chi connectivity index (χ0) is 9.54. The molecule has 0 atom stereocenters. The molecule has 0 bridgehead atoms. The lowest BCUT2D eigenvalue weighted by Crippen LogP contribution is -2.10. The molecule has 0 unspecified atom stereocenters. The molecule has 0 N–H and O–H groups in total. The summed E-state index contributed by atoms with van der Waals surface area (Å²) >= 11 is 6.00. The van der Waals surface area contributed by atoms with Crippen molar-refractivity contribution in [2.75, 3.05) is 0 Å². The number of rotatable bonds is 1. The molecular formula is C10H10ClN3. The lowest BCUT2D eigenvalue weighted by Gasteiger charge is -2.21. The first-order chi connectivity index (χ1) is 6.84. The van der Waals surface area contributed by atoms with Gasteiger partial charge >= 0.3 is 0 Å². The van der Waals surface area contributed by atoms with Crippen molar-refractivity contribution in [1.29, 1.82) is 0 Å². The van der Waals surface area contributed by atoms with Crippen LogP contribution in [0.4, 0.5) is 0 Å². The van der Waals surface area contributed by atoms with Crippen LogP contribution in [0, 0.1) is 0 Å². The number of aromatic nitrogens is 3. The van der Waals surface area contributed by atoms with Gasteiger partial charge in [0.05, 0.1) is 0 Å². The van der Waals surface area contributed by atoms with Gasteiger partial charge in [0.2, 0.25) is 0 Å². The predicted molar refractivity (Wildman–Crippen MR) is 54.6 cm³/mol. The van der Waals surface area contributed by atoms with Gasteiger partial charge in [-0.05, 0) is 25.0 Å². The van der Waals surface area contributed by atoms with Crippen molar-refractivity contribution in [2.45, 2.75) is 25.2 Å². The van der Waals surface area contributed by atoms with Crippen LogP contribution in [-0.4, -0.2) is 14.6 Å². The number of hydrogen-bond acceptors (Lipinski definition) is 2. The lowest BCUT2D eigenvalue weighted by atomic mass is 9.85. The average Bonchev–Trinajstić information content (AvgIpc) is 2.46. The molecule has 1 saturated carbocycles. The van der Waals surface area contributed by atoms with Crippen LogP contribution in [0.25, 0.3) is 5.65 Å². The monoisotopic (exact) mass is 207 g/mol. The van der Waals surface area contributed by atoms with Crippen LogP contribution in [-0.2, 0) is 0 Å². The third-order valence-corrected chi connectivity index (χ3v) is 3.09. The van der Waals surface area contributed by atoms with Gasteiger partial charge in [0.1, 0.15) is 5.15 Å². The smallest absolute Gasteiger partial charge is 0.157 e. The summed E-state index contributed by atoms with van der Waals surface area (Å²) in [6.45, 7) is 0. The normalized spacial score (nSPS) is 17.2. The summed E-state index contributed by atoms with van der Waals surface area (Å²) < 4.78 is 1.70. The number of halogens is 1. The maximum absolute atomic E-state index is 6.00. The molecule has 3 nitrogen and oxygen atoms in total. The highest BCUT2D eigenvalue weighted by Crippen LogP contribution is 2.34. The van der Waals surface area contributed by atoms with E-state index in [2.05, 4.69) is 10.1 Å². The highest BCUT2D eigenvalue weighted by Gasteiger charge is 2.23. The molecule has 3 rings (SSSR count). The molecule has 1 aliphatic carbocycles. The standard InChI is InChI=1S/C10H10ClN3/c11-8-5-2-6-9-12-10(13-14(8)9)7-3-1-4-7/h2,5-7H,1,3-4H2. The highest BCUT2D eigenvalue weighted by atomic mass is 35.5. The summed E-state index contributed by atoms with van der Waals surface area (Å²) in [5, 5.41) is 5.03. The van der Waals surface area contributed by atoms with Gasteiger partial charge in [-0.15, -0.1) is 5.10 Å². The quantitative estimate of drug-likeness (QED) is 0.673. The molecule has 72 valence electrons. The van der Waals surface area contributed by atoms with E-state index in [1.807, 2.05) is 18.2 Å². The molecule has 2 aromatic heterocycles. The van der Waals surface area contributed by atoms with Crippen LogP contribution in [0.15, 0.2) is 18.2 Å². The summed E-state index contributed by atoms with van der Waals surface area (Å²) in [6, 6.07) is 5.66. The van der Waals surface area contributed by atoms with E-state index >= 15 is 0 Å². The second kappa shape index (κ2) is 2.95. The Morgan fingerprint density at radius 3 is 2.86 bits per heavy atom. The first-order valence-corrected chi connectivity index (χ1v) is 5.23. The number of nitrogens with zero attached hydrogens (tertiary/aromatic N) is 3. The van der Waals surface area contributed by atoms with Crippen LogP contribution in [0.3, 0.4) is 0 Å². The van der Waals surface area contributed by atoms with Crippen LogP contribution >= 0.6 is 11.6 Å². The Kier molecular flexibility index (Phi) is 1.74. The van der Waals surface area contributed by atoms with Crippen molar-refractivity contribution in [2.24, 2.45) is 0 Å². The Morgan fingerprint density at radius 1 is 1.36 bits per heavy atom.